The summed E-state index contributed by atoms with van der Waals surface area (Å²) in [6.45, 7) is 3.20. The molecule has 2 aliphatic rings. The van der Waals surface area contributed by atoms with Gasteiger partial charge in [-0.2, -0.15) is 0 Å². The van der Waals surface area contributed by atoms with E-state index in [2.05, 4.69) is 39.5 Å². The van der Waals surface area contributed by atoms with Crippen LogP contribution in [0.2, 0.25) is 0 Å². The molecular weight excluding hydrogens is 394 g/mol. The first-order chi connectivity index (χ1) is 15.1. The number of benzene rings is 2. The first kappa shape index (κ1) is 20.2. The molecule has 3 heterocycles. The van der Waals surface area contributed by atoms with Gasteiger partial charge in [0, 0.05) is 56.0 Å². The lowest BCUT2D eigenvalue weighted by Gasteiger charge is -2.27. The fourth-order valence-corrected chi connectivity index (χ4v) is 4.79. The van der Waals surface area contributed by atoms with Crippen LogP contribution in [0.15, 0.2) is 54.7 Å². The van der Waals surface area contributed by atoms with Crippen LogP contribution in [0.3, 0.4) is 0 Å². The van der Waals surface area contributed by atoms with Gasteiger partial charge in [0.2, 0.25) is 0 Å². The fourth-order valence-electron chi connectivity index (χ4n) is 4.79. The van der Waals surface area contributed by atoms with Gasteiger partial charge in [0.05, 0.1) is 5.69 Å². The number of hydrogen-bond acceptors (Lipinski definition) is 4. The normalized spacial score (nSPS) is 20.5. The molecule has 0 radical (unpaired) electrons. The number of halogens is 2. The second-order valence-electron chi connectivity index (χ2n) is 8.61. The monoisotopic (exact) mass is 420 g/mol. The highest BCUT2D eigenvalue weighted by atomic mass is 19.1. The Bertz CT molecular complexity index is 1050. The van der Waals surface area contributed by atoms with Gasteiger partial charge in [0.1, 0.15) is 17.5 Å². The van der Waals surface area contributed by atoms with E-state index in [0.717, 1.165) is 49.2 Å². The minimum atomic E-state index is -0.536. The molecule has 2 saturated heterocycles. The molecule has 6 heteroatoms. The summed E-state index contributed by atoms with van der Waals surface area (Å²) in [5, 5.41) is 3.55. The van der Waals surface area contributed by atoms with Gasteiger partial charge in [-0.25, -0.2) is 18.7 Å². The first-order valence-corrected chi connectivity index (χ1v) is 11.0. The lowest BCUT2D eigenvalue weighted by atomic mass is 10.1. The van der Waals surface area contributed by atoms with E-state index in [0.29, 0.717) is 30.5 Å². The van der Waals surface area contributed by atoms with E-state index in [1.807, 2.05) is 6.07 Å². The Morgan fingerprint density at radius 1 is 1.00 bits per heavy atom. The smallest absolute Gasteiger partial charge is 0.128 e. The standard InChI is InChI=1S/C25H26F2N4/c26-20-10-17(11-21(27)12-20)3-2-6-25-28-8-7-24(30-25)19-5-1-4-18(9-19)15-31-16-22-13-23(31)14-29-22/h1,4-5,7-12,22-23,29H,2-3,6,13-16H2. The second-order valence-corrected chi connectivity index (χ2v) is 8.61. The molecule has 0 amide bonds. The minimum Gasteiger partial charge on any atom is -0.311 e. The summed E-state index contributed by atoms with van der Waals surface area (Å²) in [7, 11) is 0. The van der Waals surface area contributed by atoms with Crippen LogP contribution in [0, 0.1) is 11.6 Å². The molecular formula is C25H26F2N4. The van der Waals surface area contributed by atoms with Crippen molar-refractivity contribution in [2.45, 2.75) is 44.3 Å². The van der Waals surface area contributed by atoms with E-state index in [-0.39, 0.29) is 0 Å². The second kappa shape index (κ2) is 8.81. The van der Waals surface area contributed by atoms with E-state index in [1.54, 1.807) is 6.20 Å². The third-order valence-electron chi connectivity index (χ3n) is 6.27. The molecule has 0 spiro atoms. The molecule has 2 unspecified atom stereocenters. The summed E-state index contributed by atoms with van der Waals surface area (Å²) < 4.78 is 26.7. The molecule has 31 heavy (non-hydrogen) atoms. The summed E-state index contributed by atoms with van der Waals surface area (Å²) >= 11 is 0. The van der Waals surface area contributed by atoms with Crippen LogP contribution in [0.25, 0.3) is 11.3 Å². The van der Waals surface area contributed by atoms with Gasteiger partial charge in [-0.1, -0.05) is 18.2 Å². The lowest BCUT2D eigenvalue weighted by Crippen LogP contribution is -2.42. The van der Waals surface area contributed by atoms with Crippen molar-refractivity contribution in [2.75, 3.05) is 13.1 Å². The maximum Gasteiger partial charge on any atom is 0.128 e. The molecule has 160 valence electrons. The van der Waals surface area contributed by atoms with Crippen molar-refractivity contribution in [1.82, 2.24) is 20.2 Å². The van der Waals surface area contributed by atoms with E-state index in [4.69, 9.17) is 4.98 Å². The van der Waals surface area contributed by atoms with Crippen molar-refractivity contribution in [2.24, 2.45) is 0 Å². The molecule has 2 fully saturated rings. The van der Waals surface area contributed by atoms with Crippen molar-refractivity contribution in [3.05, 3.63) is 83.3 Å². The zero-order chi connectivity index (χ0) is 21.2. The number of hydrogen-bond donors (Lipinski definition) is 1. The first-order valence-electron chi connectivity index (χ1n) is 11.0. The van der Waals surface area contributed by atoms with Crippen LogP contribution in [0.4, 0.5) is 8.78 Å². The Balaban J connectivity index is 1.23. The summed E-state index contributed by atoms with van der Waals surface area (Å²) in [6.07, 6.45) is 5.03. The molecule has 2 atom stereocenters. The maximum absolute atomic E-state index is 13.4. The highest BCUT2D eigenvalue weighted by molar-refractivity contribution is 5.59. The van der Waals surface area contributed by atoms with Gasteiger partial charge in [-0.15, -0.1) is 0 Å². The van der Waals surface area contributed by atoms with Crippen LogP contribution in [-0.4, -0.2) is 40.0 Å². The zero-order valence-electron chi connectivity index (χ0n) is 17.4. The van der Waals surface area contributed by atoms with Crippen molar-refractivity contribution >= 4 is 0 Å². The Morgan fingerprint density at radius 2 is 1.87 bits per heavy atom. The van der Waals surface area contributed by atoms with Crippen LogP contribution in [0.1, 0.15) is 29.8 Å². The molecule has 2 bridgehead atoms. The van der Waals surface area contributed by atoms with Crippen LogP contribution in [0.5, 0.6) is 0 Å². The van der Waals surface area contributed by atoms with Crippen molar-refractivity contribution in [3.8, 4) is 11.3 Å². The van der Waals surface area contributed by atoms with Gasteiger partial charge in [-0.05, 0) is 54.7 Å². The van der Waals surface area contributed by atoms with E-state index in [9.17, 15) is 8.78 Å². The summed E-state index contributed by atoms with van der Waals surface area (Å²) in [4.78, 5) is 11.7. The zero-order valence-corrected chi connectivity index (χ0v) is 17.4. The third kappa shape index (κ3) is 4.81. The largest absolute Gasteiger partial charge is 0.311 e. The SMILES string of the molecule is Fc1cc(F)cc(CCCc2nccc(-c3cccc(CN4CC5CC4CN5)c3)n2)c1. The highest BCUT2D eigenvalue weighted by Gasteiger charge is 2.37. The van der Waals surface area contributed by atoms with Crippen LogP contribution < -0.4 is 5.32 Å². The van der Waals surface area contributed by atoms with E-state index < -0.39 is 11.6 Å². The molecule has 4 nitrogen and oxygen atoms in total. The molecule has 5 rings (SSSR count). The Hall–Kier alpha value is -2.70. The van der Waals surface area contributed by atoms with E-state index >= 15 is 0 Å². The highest BCUT2D eigenvalue weighted by Crippen LogP contribution is 2.26. The fraction of sp³-hybridized carbons (Fsp3) is 0.360. The number of nitrogens with one attached hydrogen (secondary N) is 1. The lowest BCUT2D eigenvalue weighted by molar-refractivity contribution is 0.218. The molecule has 3 aromatic rings. The van der Waals surface area contributed by atoms with Crippen molar-refractivity contribution in [3.63, 3.8) is 0 Å². The molecule has 0 aliphatic carbocycles. The maximum atomic E-state index is 13.4. The predicted molar refractivity (Wildman–Crippen MR) is 116 cm³/mol. The number of rotatable bonds is 7. The van der Waals surface area contributed by atoms with Gasteiger partial charge in [-0.3, -0.25) is 4.90 Å². The summed E-state index contributed by atoms with van der Waals surface area (Å²) in [6, 6.07) is 15.5. The molecule has 0 saturated carbocycles. The Morgan fingerprint density at radius 3 is 2.65 bits per heavy atom. The number of aromatic nitrogens is 2. The summed E-state index contributed by atoms with van der Waals surface area (Å²) in [5.74, 6) is -0.319. The molecule has 2 aromatic carbocycles. The average Bonchev–Trinajstić information content (AvgIpc) is 3.37. The van der Waals surface area contributed by atoms with Gasteiger partial charge < -0.3 is 5.32 Å². The van der Waals surface area contributed by atoms with Gasteiger partial charge >= 0.3 is 0 Å². The number of aryl methyl sites for hydroxylation is 2. The predicted octanol–water partition coefficient (Wildman–Crippen LogP) is 4.14. The minimum absolute atomic E-state index is 0.536. The molecule has 2 aliphatic heterocycles. The average molecular weight is 421 g/mol. The number of fused-ring (bicyclic) bond motifs is 2. The number of piperazine rings is 1. The van der Waals surface area contributed by atoms with Crippen molar-refractivity contribution < 1.29 is 8.78 Å². The molecule has 1 N–H and O–H groups in total. The number of likely N-dealkylation sites (tertiary alicyclic amines) is 1. The summed E-state index contributed by atoms with van der Waals surface area (Å²) in [5.41, 5.74) is 3.97. The van der Waals surface area contributed by atoms with Crippen molar-refractivity contribution in [1.29, 1.82) is 0 Å². The van der Waals surface area contributed by atoms with Crippen LogP contribution in [-0.2, 0) is 19.4 Å². The Kier molecular flexibility index (Phi) is 5.74. The molecule has 1 aromatic heterocycles. The third-order valence-corrected chi connectivity index (χ3v) is 6.27. The number of nitrogens with zero attached hydrogens (tertiary/aromatic N) is 3. The van der Waals surface area contributed by atoms with Gasteiger partial charge in [0.25, 0.3) is 0 Å². The van der Waals surface area contributed by atoms with Crippen LogP contribution >= 0.6 is 0 Å². The topological polar surface area (TPSA) is 41.1 Å². The van der Waals surface area contributed by atoms with E-state index in [1.165, 1.54) is 24.1 Å². The Labute approximate surface area is 181 Å². The van der Waals surface area contributed by atoms with Gasteiger partial charge in [0.15, 0.2) is 0 Å². The quantitative estimate of drug-likeness (QED) is 0.624.